The topological polar surface area (TPSA) is 21.3 Å². The molecule has 2 aromatic rings. The van der Waals surface area contributed by atoms with Gasteiger partial charge >= 0.3 is 0 Å². The Balaban J connectivity index is 1.97. The first-order valence-electron chi connectivity index (χ1n) is 7.42. The van der Waals surface area contributed by atoms with Crippen molar-refractivity contribution in [3.8, 4) is 5.75 Å². The summed E-state index contributed by atoms with van der Waals surface area (Å²) in [6.45, 7) is 5.42. The summed E-state index contributed by atoms with van der Waals surface area (Å²) in [6.07, 6.45) is 0. The number of likely N-dealkylation sites (N-methyl/N-ethyl adjacent to an activating group) is 1. The van der Waals surface area contributed by atoms with Crippen molar-refractivity contribution in [1.29, 1.82) is 0 Å². The number of benzene rings is 2. The molecule has 0 saturated heterocycles. The molecule has 2 aromatic carbocycles. The van der Waals surface area contributed by atoms with Gasteiger partial charge in [-0.2, -0.15) is 0 Å². The Hall–Kier alpha value is -1.87. The zero-order valence-electron chi connectivity index (χ0n) is 12.4. The van der Waals surface area contributed by atoms with Crippen LogP contribution in [-0.2, 0) is 0 Å². The second-order valence-corrected chi connectivity index (χ2v) is 5.50. The van der Waals surface area contributed by atoms with E-state index in [0.717, 1.165) is 17.9 Å². The van der Waals surface area contributed by atoms with Crippen LogP contribution in [0.3, 0.4) is 0 Å². The summed E-state index contributed by atoms with van der Waals surface area (Å²) < 4.78 is 19.3. The number of hydrogen-bond donors (Lipinski definition) is 1. The van der Waals surface area contributed by atoms with Crippen molar-refractivity contribution in [1.82, 2.24) is 5.32 Å². The van der Waals surface area contributed by atoms with E-state index in [1.807, 2.05) is 30.3 Å². The fourth-order valence-electron chi connectivity index (χ4n) is 3.04. The molecule has 1 aliphatic rings. The number of nitrogens with one attached hydrogen (secondary N) is 1. The van der Waals surface area contributed by atoms with E-state index in [4.69, 9.17) is 4.74 Å². The minimum absolute atomic E-state index is 0.137. The molecular weight excluding hydrogens is 265 g/mol. The first-order chi connectivity index (χ1) is 10.2. The summed E-state index contributed by atoms with van der Waals surface area (Å²) in [5.41, 5.74) is 3.02. The Labute approximate surface area is 125 Å². The highest BCUT2D eigenvalue weighted by Crippen LogP contribution is 2.41. The zero-order chi connectivity index (χ0) is 14.8. The predicted octanol–water partition coefficient (Wildman–Crippen LogP) is 3.96. The molecule has 0 aromatic heterocycles. The van der Waals surface area contributed by atoms with Crippen molar-refractivity contribution in [2.45, 2.75) is 25.8 Å². The van der Waals surface area contributed by atoms with E-state index in [1.165, 1.54) is 5.56 Å². The van der Waals surface area contributed by atoms with Gasteiger partial charge in [-0.05, 0) is 36.7 Å². The highest BCUT2D eigenvalue weighted by atomic mass is 19.1. The molecule has 3 rings (SSSR count). The quantitative estimate of drug-likeness (QED) is 0.918. The molecule has 1 aliphatic heterocycles. The van der Waals surface area contributed by atoms with Gasteiger partial charge in [0.05, 0.1) is 6.61 Å². The summed E-state index contributed by atoms with van der Waals surface area (Å²) in [5.74, 6) is 1.06. The van der Waals surface area contributed by atoms with Crippen LogP contribution in [-0.4, -0.2) is 13.2 Å². The third-order valence-electron chi connectivity index (χ3n) is 4.10. The molecule has 0 amide bonds. The minimum Gasteiger partial charge on any atom is -0.493 e. The zero-order valence-corrected chi connectivity index (χ0v) is 12.4. The van der Waals surface area contributed by atoms with Crippen molar-refractivity contribution in [3.63, 3.8) is 0 Å². The fourth-order valence-corrected chi connectivity index (χ4v) is 3.04. The highest BCUT2D eigenvalue weighted by Gasteiger charge is 2.31. The van der Waals surface area contributed by atoms with Crippen LogP contribution in [0.25, 0.3) is 0 Å². The molecule has 2 atom stereocenters. The Morgan fingerprint density at radius 2 is 2.10 bits per heavy atom. The van der Waals surface area contributed by atoms with Crippen LogP contribution in [0.2, 0.25) is 0 Å². The predicted molar refractivity (Wildman–Crippen MR) is 82.2 cm³/mol. The van der Waals surface area contributed by atoms with Gasteiger partial charge in [-0.25, -0.2) is 4.39 Å². The maximum Gasteiger partial charge on any atom is 0.126 e. The summed E-state index contributed by atoms with van der Waals surface area (Å²) >= 11 is 0. The number of halogens is 1. The van der Waals surface area contributed by atoms with E-state index in [2.05, 4.69) is 18.3 Å². The summed E-state index contributed by atoms with van der Waals surface area (Å²) in [5, 5.41) is 3.53. The molecule has 1 heterocycles. The molecule has 2 nitrogen and oxygen atoms in total. The molecule has 110 valence electrons. The van der Waals surface area contributed by atoms with Crippen molar-refractivity contribution in [2.24, 2.45) is 0 Å². The van der Waals surface area contributed by atoms with Crippen LogP contribution in [0.1, 0.15) is 35.6 Å². The van der Waals surface area contributed by atoms with Gasteiger partial charge < -0.3 is 10.1 Å². The Morgan fingerprint density at radius 3 is 2.86 bits per heavy atom. The van der Waals surface area contributed by atoms with Gasteiger partial charge in [-0.1, -0.05) is 37.3 Å². The van der Waals surface area contributed by atoms with Crippen molar-refractivity contribution >= 4 is 0 Å². The molecule has 0 spiro atoms. The number of ether oxygens (including phenoxy) is 1. The van der Waals surface area contributed by atoms with E-state index < -0.39 is 0 Å². The molecule has 0 saturated carbocycles. The van der Waals surface area contributed by atoms with E-state index in [1.54, 1.807) is 13.0 Å². The molecule has 0 aliphatic carbocycles. The van der Waals surface area contributed by atoms with Crippen LogP contribution < -0.4 is 10.1 Å². The van der Waals surface area contributed by atoms with Crippen molar-refractivity contribution in [3.05, 3.63) is 65.0 Å². The van der Waals surface area contributed by atoms with E-state index in [0.29, 0.717) is 12.2 Å². The van der Waals surface area contributed by atoms with Gasteiger partial charge in [0, 0.05) is 17.5 Å². The smallest absolute Gasteiger partial charge is 0.126 e. The average Bonchev–Trinajstić information content (AvgIpc) is 2.92. The van der Waals surface area contributed by atoms with Crippen LogP contribution in [0.15, 0.2) is 42.5 Å². The minimum atomic E-state index is -0.155. The molecule has 0 bridgehead atoms. The van der Waals surface area contributed by atoms with Crippen molar-refractivity contribution < 1.29 is 9.13 Å². The second kappa shape index (κ2) is 5.86. The molecule has 1 N–H and O–H groups in total. The van der Waals surface area contributed by atoms with Crippen LogP contribution in [0.4, 0.5) is 4.39 Å². The second-order valence-electron chi connectivity index (χ2n) is 5.50. The number of hydrogen-bond acceptors (Lipinski definition) is 2. The lowest BCUT2D eigenvalue weighted by Crippen LogP contribution is -2.28. The monoisotopic (exact) mass is 285 g/mol. The molecule has 0 radical (unpaired) electrons. The Bertz CT molecular complexity index is 641. The van der Waals surface area contributed by atoms with E-state index in [-0.39, 0.29) is 17.8 Å². The summed E-state index contributed by atoms with van der Waals surface area (Å²) in [4.78, 5) is 0. The van der Waals surface area contributed by atoms with Gasteiger partial charge in [0.1, 0.15) is 11.6 Å². The summed E-state index contributed by atoms with van der Waals surface area (Å²) in [7, 11) is 0. The van der Waals surface area contributed by atoms with Crippen LogP contribution in [0.5, 0.6) is 5.75 Å². The first kappa shape index (κ1) is 14.1. The Morgan fingerprint density at radius 1 is 1.29 bits per heavy atom. The molecule has 0 fully saturated rings. The average molecular weight is 285 g/mol. The van der Waals surface area contributed by atoms with Gasteiger partial charge in [0.25, 0.3) is 0 Å². The lowest BCUT2D eigenvalue weighted by atomic mass is 9.88. The SMILES string of the molecule is CCNC(c1ccc(F)c(C)c1)C1COc2ccccc21. The summed E-state index contributed by atoms with van der Waals surface area (Å²) in [6, 6.07) is 13.7. The fraction of sp³-hybridized carbons (Fsp3) is 0.333. The lowest BCUT2D eigenvalue weighted by Gasteiger charge is -2.24. The maximum atomic E-state index is 13.5. The number of fused-ring (bicyclic) bond motifs is 1. The van der Waals surface area contributed by atoms with Crippen LogP contribution >= 0.6 is 0 Å². The van der Waals surface area contributed by atoms with Crippen LogP contribution in [0, 0.1) is 12.7 Å². The largest absolute Gasteiger partial charge is 0.493 e. The van der Waals surface area contributed by atoms with E-state index in [9.17, 15) is 4.39 Å². The Kier molecular flexibility index (Phi) is 3.93. The number of aryl methyl sites for hydroxylation is 1. The van der Waals surface area contributed by atoms with Gasteiger partial charge in [-0.15, -0.1) is 0 Å². The normalized spacial score (nSPS) is 18.1. The van der Waals surface area contributed by atoms with Gasteiger partial charge in [0.15, 0.2) is 0 Å². The highest BCUT2D eigenvalue weighted by molar-refractivity contribution is 5.42. The van der Waals surface area contributed by atoms with Gasteiger partial charge in [-0.3, -0.25) is 0 Å². The van der Waals surface area contributed by atoms with E-state index >= 15 is 0 Å². The molecule has 3 heteroatoms. The number of para-hydroxylation sites is 1. The van der Waals surface area contributed by atoms with Crippen molar-refractivity contribution in [2.75, 3.05) is 13.2 Å². The molecule has 2 unspecified atom stereocenters. The maximum absolute atomic E-state index is 13.5. The lowest BCUT2D eigenvalue weighted by molar-refractivity contribution is 0.301. The third kappa shape index (κ3) is 2.66. The standard InChI is InChI=1S/C18H20FNO/c1-3-20-18(13-8-9-16(19)12(2)10-13)15-11-21-17-7-5-4-6-14(15)17/h4-10,15,18,20H,3,11H2,1-2H3. The van der Waals surface area contributed by atoms with Gasteiger partial charge in [0.2, 0.25) is 0 Å². The third-order valence-corrected chi connectivity index (χ3v) is 4.10. The number of rotatable bonds is 4. The molecular formula is C18H20FNO. The molecule has 21 heavy (non-hydrogen) atoms. The first-order valence-corrected chi connectivity index (χ1v) is 7.42.